The molecule has 0 amide bonds. The number of hydrogen-bond donors (Lipinski definition) is 1. The molecule has 0 aliphatic carbocycles. The van der Waals surface area contributed by atoms with Gasteiger partial charge in [-0.3, -0.25) is 0 Å². The minimum Gasteiger partial charge on any atom is -0.493 e. The minimum atomic E-state index is -0.355. The lowest BCUT2D eigenvalue weighted by Crippen LogP contribution is -2.32. The van der Waals surface area contributed by atoms with Crippen molar-refractivity contribution in [3.63, 3.8) is 0 Å². The maximum absolute atomic E-state index is 6.68. The lowest BCUT2D eigenvalue weighted by Gasteiger charge is -2.38. The summed E-state index contributed by atoms with van der Waals surface area (Å²) < 4.78 is 19.7. The summed E-state index contributed by atoms with van der Waals surface area (Å²) in [6.45, 7) is 2.09. The maximum atomic E-state index is 6.68. The molecule has 1 N–H and O–H groups in total. The number of rotatable bonds is 4. The van der Waals surface area contributed by atoms with Crippen molar-refractivity contribution >= 4 is 23.0 Å². The Kier molecular flexibility index (Phi) is 4.62. The first-order valence-electron chi connectivity index (χ1n) is 10.6. The fourth-order valence-corrected chi connectivity index (χ4v) is 5.42. The summed E-state index contributed by atoms with van der Waals surface area (Å²) in [5.41, 5.74) is 5.26. The summed E-state index contributed by atoms with van der Waals surface area (Å²) in [7, 11) is 3.28. The van der Waals surface area contributed by atoms with E-state index in [1.54, 1.807) is 31.9 Å². The first kappa shape index (κ1) is 19.9. The van der Waals surface area contributed by atoms with E-state index in [2.05, 4.69) is 52.0 Å². The third-order valence-electron chi connectivity index (χ3n) is 6.09. The molecule has 8 heteroatoms. The standard InChI is InChI=1S/C25H22N4O3S/c1-14-6-8-17-16(11-14)22-21(24(32-17)15-7-9-18(30-2)19(12-15)31-3)23(20-5-4-10-33-20)29-25(28-22)26-13-27-29/h4-13,23-24H,1-3H3,(H,26,27,28)/t23-,24+/m0/s1. The molecule has 4 heterocycles. The summed E-state index contributed by atoms with van der Waals surface area (Å²) in [4.78, 5) is 5.65. The van der Waals surface area contributed by atoms with Crippen LogP contribution in [0.25, 0.3) is 5.70 Å². The molecule has 0 unspecified atom stereocenters. The molecule has 0 saturated carbocycles. The molecule has 0 bridgehead atoms. The topological polar surface area (TPSA) is 70.4 Å². The van der Waals surface area contributed by atoms with Gasteiger partial charge in [-0.05, 0) is 42.6 Å². The number of thiophene rings is 1. The number of methoxy groups -OCH3 is 2. The fraction of sp³-hybridized carbons (Fsp3) is 0.200. The van der Waals surface area contributed by atoms with E-state index in [1.165, 1.54) is 4.88 Å². The van der Waals surface area contributed by atoms with Crippen LogP contribution in [0.5, 0.6) is 17.2 Å². The molecule has 4 aromatic rings. The van der Waals surface area contributed by atoms with Crippen LogP contribution < -0.4 is 19.5 Å². The summed E-state index contributed by atoms with van der Waals surface area (Å²) in [5.74, 6) is 2.88. The first-order valence-corrected chi connectivity index (χ1v) is 11.5. The van der Waals surface area contributed by atoms with E-state index in [0.717, 1.165) is 33.7 Å². The number of nitrogens with one attached hydrogen (secondary N) is 1. The predicted octanol–water partition coefficient (Wildman–Crippen LogP) is 5.23. The van der Waals surface area contributed by atoms with Gasteiger partial charge < -0.3 is 19.5 Å². The van der Waals surface area contributed by atoms with Crippen molar-refractivity contribution in [1.82, 2.24) is 14.8 Å². The Balaban J connectivity index is 1.61. The lowest BCUT2D eigenvalue weighted by molar-refractivity contribution is 0.222. The SMILES string of the molecule is COc1ccc([C@H]2Oc3ccc(C)cc3C3=C2[C@H](c2cccs2)n2ncnc2N3)cc1OC. The number of benzene rings is 2. The maximum Gasteiger partial charge on any atom is 0.226 e. The van der Waals surface area contributed by atoms with E-state index < -0.39 is 0 Å². The number of anilines is 1. The molecule has 166 valence electrons. The summed E-state index contributed by atoms with van der Waals surface area (Å²) in [5, 5.41) is 10.2. The molecule has 2 aliphatic heterocycles. The van der Waals surface area contributed by atoms with Gasteiger partial charge in [-0.25, -0.2) is 4.68 Å². The molecule has 0 saturated heterocycles. The summed E-state index contributed by atoms with van der Waals surface area (Å²) in [6, 6.07) is 16.2. The molecule has 0 radical (unpaired) electrons. The van der Waals surface area contributed by atoms with Crippen LogP contribution in [-0.2, 0) is 0 Å². The van der Waals surface area contributed by atoms with Crippen LogP contribution in [0.1, 0.15) is 33.7 Å². The second-order valence-corrected chi connectivity index (χ2v) is 8.99. The van der Waals surface area contributed by atoms with Crippen LogP contribution in [-0.4, -0.2) is 29.0 Å². The van der Waals surface area contributed by atoms with Crippen molar-refractivity contribution in [3.05, 3.63) is 87.4 Å². The highest BCUT2D eigenvalue weighted by atomic mass is 32.1. The third kappa shape index (κ3) is 3.09. The Morgan fingerprint density at radius 1 is 1.06 bits per heavy atom. The lowest BCUT2D eigenvalue weighted by atomic mass is 9.86. The third-order valence-corrected chi connectivity index (χ3v) is 7.02. The highest BCUT2D eigenvalue weighted by molar-refractivity contribution is 7.10. The first-order chi connectivity index (χ1) is 16.2. The molecular formula is C25H22N4O3S. The smallest absolute Gasteiger partial charge is 0.226 e. The van der Waals surface area contributed by atoms with Crippen molar-refractivity contribution in [2.75, 3.05) is 19.5 Å². The van der Waals surface area contributed by atoms with Crippen molar-refractivity contribution < 1.29 is 14.2 Å². The van der Waals surface area contributed by atoms with Gasteiger partial charge in [0.05, 0.1) is 19.9 Å². The van der Waals surface area contributed by atoms with Crippen LogP contribution in [0.3, 0.4) is 0 Å². The fourth-order valence-electron chi connectivity index (χ4n) is 4.59. The number of aryl methyl sites for hydroxylation is 1. The molecule has 2 aromatic carbocycles. The second kappa shape index (κ2) is 7.67. The predicted molar refractivity (Wildman–Crippen MR) is 127 cm³/mol. The highest BCUT2D eigenvalue weighted by Gasteiger charge is 2.41. The van der Waals surface area contributed by atoms with Gasteiger partial charge in [0.15, 0.2) is 11.5 Å². The van der Waals surface area contributed by atoms with Gasteiger partial charge in [-0.1, -0.05) is 23.8 Å². The number of fused-ring (bicyclic) bond motifs is 3. The zero-order valence-corrected chi connectivity index (χ0v) is 19.2. The van der Waals surface area contributed by atoms with E-state index >= 15 is 0 Å². The van der Waals surface area contributed by atoms with E-state index in [4.69, 9.17) is 14.2 Å². The minimum absolute atomic E-state index is 0.148. The van der Waals surface area contributed by atoms with E-state index in [9.17, 15) is 0 Å². The Morgan fingerprint density at radius 3 is 2.73 bits per heavy atom. The zero-order valence-electron chi connectivity index (χ0n) is 18.4. The average Bonchev–Trinajstić information content (AvgIpc) is 3.54. The van der Waals surface area contributed by atoms with E-state index in [-0.39, 0.29) is 12.1 Å². The van der Waals surface area contributed by atoms with E-state index in [1.807, 2.05) is 28.9 Å². The average molecular weight is 459 g/mol. The Hall–Kier alpha value is -3.78. The summed E-state index contributed by atoms with van der Waals surface area (Å²) in [6.07, 6.45) is 1.23. The van der Waals surface area contributed by atoms with Gasteiger partial charge in [0.25, 0.3) is 0 Å². The van der Waals surface area contributed by atoms with Gasteiger partial charge in [-0.15, -0.1) is 11.3 Å². The monoisotopic (exact) mass is 458 g/mol. The molecule has 7 nitrogen and oxygen atoms in total. The van der Waals surface area contributed by atoms with Crippen LogP contribution in [0.15, 0.2) is 65.8 Å². The molecule has 2 atom stereocenters. The highest BCUT2D eigenvalue weighted by Crippen LogP contribution is 2.51. The number of aromatic nitrogens is 3. The molecular weight excluding hydrogens is 436 g/mol. The normalized spacial score (nSPS) is 18.5. The van der Waals surface area contributed by atoms with Crippen molar-refractivity contribution in [1.29, 1.82) is 0 Å². The van der Waals surface area contributed by atoms with Gasteiger partial charge in [0.2, 0.25) is 5.95 Å². The molecule has 33 heavy (non-hydrogen) atoms. The van der Waals surface area contributed by atoms with Crippen molar-refractivity contribution in [2.45, 2.75) is 19.1 Å². The van der Waals surface area contributed by atoms with E-state index in [0.29, 0.717) is 17.4 Å². The van der Waals surface area contributed by atoms with Gasteiger partial charge in [0.1, 0.15) is 24.2 Å². The van der Waals surface area contributed by atoms with Crippen LogP contribution in [0.2, 0.25) is 0 Å². The van der Waals surface area contributed by atoms with Crippen molar-refractivity contribution in [2.24, 2.45) is 0 Å². The zero-order chi connectivity index (χ0) is 22.5. The molecule has 6 rings (SSSR count). The number of nitrogens with zero attached hydrogens (tertiary/aromatic N) is 3. The van der Waals surface area contributed by atoms with Crippen LogP contribution in [0, 0.1) is 6.92 Å². The van der Waals surface area contributed by atoms with Gasteiger partial charge >= 0.3 is 0 Å². The quantitative estimate of drug-likeness (QED) is 0.452. The molecule has 2 aliphatic rings. The molecule has 0 fully saturated rings. The summed E-state index contributed by atoms with van der Waals surface area (Å²) >= 11 is 1.70. The second-order valence-electron chi connectivity index (χ2n) is 8.01. The van der Waals surface area contributed by atoms with Crippen molar-refractivity contribution in [3.8, 4) is 17.2 Å². The van der Waals surface area contributed by atoms with Crippen LogP contribution in [0.4, 0.5) is 5.95 Å². The largest absolute Gasteiger partial charge is 0.493 e. The Labute approximate surface area is 195 Å². The molecule has 0 spiro atoms. The Morgan fingerprint density at radius 2 is 1.94 bits per heavy atom. The van der Waals surface area contributed by atoms with Gasteiger partial charge in [-0.2, -0.15) is 10.1 Å². The van der Waals surface area contributed by atoms with Crippen LogP contribution >= 0.6 is 11.3 Å². The molecule has 2 aromatic heterocycles. The van der Waals surface area contributed by atoms with Gasteiger partial charge in [0, 0.05) is 21.6 Å². The Bertz CT molecular complexity index is 1380. The number of ether oxygens (including phenoxy) is 3. The number of hydrogen-bond acceptors (Lipinski definition) is 7.